The molecule has 0 amide bonds. The Hall–Kier alpha value is -1.63. The summed E-state index contributed by atoms with van der Waals surface area (Å²) >= 11 is 0. The summed E-state index contributed by atoms with van der Waals surface area (Å²) in [5.41, 5.74) is 7.32. The van der Waals surface area contributed by atoms with Gasteiger partial charge in [-0.25, -0.2) is 0 Å². The Morgan fingerprint density at radius 2 is 1.86 bits per heavy atom. The number of hydrogen-bond acceptors (Lipinski definition) is 5. The molecule has 1 aromatic carbocycles. The van der Waals surface area contributed by atoms with Crippen molar-refractivity contribution in [1.29, 1.82) is 5.41 Å². The predicted octanol–water partition coefficient (Wildman–Crippen LogP) is 0.825. The van der Waals surface area contributed by atoms with Crippen molar-refractivity contribution in [3.63, 3.8) is 0 Å². The van der Waals surface area contributed by atoms with Gasteiger partial charge < -0.3 is 19.9 Å². The highest BCUT2D eigenvalue weighted by Crippen LogP contribution is 2.22. The normalized spacial score (nSPS) is 22.4. The molecule has 2 unspecified atom stereocenters. The first-order valence-electron chi connectivity index (χ1n) is 6.88. The zero-order chi connectivity index (χ0) is 15.4. The average molecular weight is 293 g/mol. The van der Waals surface area contributed by atoms with Crippen LogP contribution in [0.2, 0.25) is 0 Å². The van der Waals surface area contributed by atoms with Crippen molar-refractivity contribution in [3.05, 3.63) is 29.3 Å². The van der Waals surface area contributed by atoms with Crippen LogP contribution in [0.3, 0.4) is 0 Å². The van der Waals surface area contributed by atoms with E-state index in [2.05, 4.69) is 4.90 Å². The minimum absolute atomic E-state index is 0.0136. The molecule has 0 radical (unpaired) electrons. The van der Waals surface area contributed by atoms with Crippen LogP contribution in [-0.2, 0) is 16.0 Å². The van der Waals surface area contributed by atoms with Crippen LogP contribution in [0.5, 0.6) is 5.75 Å². The monoisotopic (exact) mass is 293 g/mol. The van der Waals surface area contributed by atoms with E-state index in [9.17, 15) is 0 Å². The van der Waals surface area contributed by atoms with Crippen LogP contribution in [0.15, 0.2) is 18.2 Å². The van der Waals surface area contributed by atoms with Crippen LogP contribution in [0.1, 0.15) is 11.1 Å². The first-order valence-corrected chi connectivity index (χ1v) is 6.88. The molecule has 0 bridgehead atoms. The molecule has 3 N–H and O–H groups in total. The number of nitrogens with zero attached hydrogens (tertiary/aromatic N) is 1. The van der Waals surface area contributed by atoms with Gasteiger partial charge in [0, 0.05) is 33.9 Å². The van der Waals surface area contributed by atoms with Gasteiger partial charge in [-0.2, -0.15) is 0 Å². The smallest absolute Gasteiger partial charge is 0.129 e. The van der Waals surface area contributed by atoms with E-state index in [1.165, 1.54) is 0 Å². The average Bonchev–Trinajstić information content (AvgIpc) is 2.89. The lowest BCUT2D eigenvalue weighted by molar-refractivity contribution is -0.00461. The summed E-state index contributed by atoms with van der Waals surface area (Å²) < 4.78 is 16.1. The molecule has 0 aromatic heterocycles. The standard InChI is InChI=1S/C15H23N3O3/c1-19-12-5-4-10(6-11(12)15(16)17)7-18-8-13(20-2)14(9-18)21-3/h4-6,13-14H,7-9H2,1-3H3,(H3,16,17). The van der Waals surface area contributed by atoms with E-state index >= 15 is 0 Å². The molecular formula is C15H23N3O3. The number of hydrogen-bond donors (Lipinski definition) is 2. The quantitative estimate of drug-likeness (QED) is 0.599. The maximum Gasteiger partial charge on any atom is 0.129 e. The molecule has 1 saturated heterocycles. The number of methoxy groups -OCH3 is 3. The van der Waals surface area contributed by atoms with Gasteiger partial charge in [-0.1, -0.05) is 6.07 Å². The summed E-state index contributed by atoms with van der Waals surface area (Å²) in [6.45, 7) is 2.43. The van der Waals surface area contributed by atoms with Gasteiger partial charge in [-0.15, -0.1) is 0 Å². The molecule has 1 heterocycles. The molecule has 116 valence electrons. The minimum Gasteiger partial charge on any atom is -0.496 e. The summed E-state index contributed by atoms with van der Waals surface area (Å²) in [6, 6.07) is 5.75. The zero-order valence-corrected chi connectivity index (χ0v) is 12.8. The molecule has 21 heavy (non-hydrogen) atoms. The summed E-state index contributed by atoms with van der Waals surface area (Å²) in [4.78, 5) is 2.27. The zero-order valence-electron chi connectivity index (χ0n) is 12.8. The molecule has 1 aliphatic heterocycles. The van der Waals surface area contributed by atoms with Gasteiger partial charge >= 0.3 is 0 Å². The van der Waals surface area contributed by atoms with Gasteiger partial charge in [0.2, 0.25) is 0 Å². The highest BCUT2D eigenvalue weighted by atomic mass is 16.5. The molecule has 1 aromatic rings. The number of rotatable bonds is 6. The molecule has 0 saturated carbocycles. The second-order valence-corrected chi connectivity index (χ2v) is 5.19. The largest absolute Gasteiger partial charge is 0.496 e. The van der Waals surface area contributed by atoms with Crippen LogP contribution in [0.4, 0.5) is 0 Å². The molecule has 1 fully saturated rings. The van der Waals surface area contributed by atoms with Crippen LogP contribution in [-0.4, -0.2) is 57.4 Å². The second-order valence-electron chi connectivity index (χ2n) is 5.19. The van der Waals surface area contributed by atoms with E-state index < -0.39 is 0 Å². The Kier molecular flexibility index (Phi) is 5.17. The van der Waals surface area contributed by atoms with Crippen LogP contribution in [0, 0.1) is 5.41 Å². The molecule has 2 atom stereocenters. The SMILES string of the molecule is COc1ccc(CN2CC(OC)C(OC)C2)cc1C(=N)N. The third kappa shape index (κ3) is 3.53. The van der Waals surface area contributed by atoms with Gasteiger partial charge in [0.25, 0.3) is 0 Å². The van der Waals surface area contributed by atoms with Crippen molar-refractivity contribution in [2.45, 2.75) is 18.8 Å². The van der Waals surface area contributed by atoms with Crippen LogP contribution >= 0.6 is 0 Å². The van der Waals surface area contributed by atoms with E-state index in [4.69, 9.17) is 25.4 Å². The van der Waals surface area contributed by atoms with Crippen molar-refractivity contribution in [1.82, 2.24) is 4.90 Å². The van der Waals surface area contributed by atoms with Crippen molar-refractivity contribution in [2.75, 3.05) is 34.4 Å². The molecule has 6 nitrogen and oxygen atoms in total. The molecule has 6 heteroatoms. The molecule has 1 aliphatic rings. The maximum absolute atomic E-state index is 7.63. The third-order valence-corrected chi connectivity index (χ3v) is 3.86. The first-order chi connectivity index (χ1) is 10.1. The number of nitrogens with two attached hydrogens (primary N) is 1. The lowest BCUT2D eigenvalue weighted by atomic mass is 10.1. The predicted molar refractivity (Wildman–Crippen MR) is 80.9 cm³/mol. The number of amidine groups is 1. The Balaban J connectivity index is 2.10. The summed E-state index contributed by atoms with van der Waals surface area (Å²) in [5, 5.41) is 7.63. The van der Waals surface area contributed by atoms with E-state index in [1.54, 1.807) is 21.3 Å². The summed E-state index contributed by atoms with van der Waals surface area (Å²) in [5.74, 6) is 0.636. The fourth-order valence-electron chi connectivity index (χ4n) is 2.72. The summed E-state index contributed by atoms with van der Waals surface area (Å²) in [6.07, 6.45) is 0.195. The second kappa shape index (κ2) is 6.89. The van der Waals surface area contributed by atoms with Gasteiger partial charge in [-0.3, -0.25) is 10.3 Å². The Bertz CT molecular complexity index is 495. The topological polar surface area (TPSA) is 80.8 Å². The van der Waals surface area contributed by atoms with Crippen LogP contribution < -0.4 is 10.5 Å². The Morgan fingerprint density at radius 1 is 1.24 bits per heavy atom. The van der Waals surface area contributed by atoms with Crippen molar-refractivity contribution >= 4 is 5.84 Å². The lowest BCUT2D eigenvalue weighted by Gasteiger charge is -2.16. The molecular weight excluding hydrogens is 270 g/mol. The van der Waals surface area contributed by atoms with Gasteiger partial charge in [0.15, 0.2) is 0 Å². The Labute approximate surface area is 125 Å². The number of nitrogens with one attached hydrogen (secondary N) is 1. The number of ether oxygens (including phenoxy) is 3. The van der Waals surface area contributed by atoms with Gasteiger partial charge in [-0.05, 0) is 17.7 Å². The fraction of sp³-hybridized carbons (Fsp3) is 0.533. The van der Waals surface area contributed by atoms with E-state index in [-0.39, 0.29) is 18.0 Å². The first kappa shape index (κ1) is 15.8. The molecule has 2 rings (SSSR count). The highest BCUT2D eigenvalue weighted by molar-refractivity contribution is 5.97. The van der Waals surface area contributed by atoms with Gasteiger partial charge in [0.05, 0.1) is 24.9 Å². The van der Waals surface area contributed by atoms with Crippen molar-refractivity contribution in [2.24, 2.45) is 5.73 Å². The van der Waals surface area contributed by atoms with Crippen LogP contribution in [0.25, 0.3) is 0 Å². The maximum atomic E-state index is 7.63. The highest BCUT2D eigenvalue weighted by Gasteiger charge is 2.32. The fourth-order valence-corrected chi connectivity index (χ4v) is 2.72. The minimum atomic E-state index is 0.0136. The number of nitrogen functional groups attached to an aromatic ring is 1. The van der Waals surface area contributed by atoms with Gasteiger partial charge in [0.1, 0.15) is 11.6 Å². The Morgan fingerprint density at radius 3 is 2.33 bits per heavy atom. The summed E-state index contributed by atoms with van der Waals surface area (Å²) in [7, 11) is 5.00. The van der Waals surface area contributed by atoms with E-state index in [0.29, 0.717) is 11.3 Å². The van der Waals surface area contributed by atoms with Crippen molar-refractivity contribution < 1.29 is 14.2 Å². The molecule has 0 aliphatic carbocycles. The third-order valence-electron chi connectivity index (χ3n) is 3.86. The van der Waals surface area contributed by atoms with Crippen molar-refractivity contribution in [3.8, 4) is 5.75 Å². The number of likely N-dealkylation sites (tertiary alicyclic amines) is 1. The van der Waals surface area contributed by atoms with E-state index in [1.807, 2.05) is 18.2 Å². The number of benzene rings is 1. The van der Waals surface area contributed by atoms with E-state index in [0.717, 1.165) is 25.2 Å². The lowest BCUT2D eigenvalue weighted by Crippen LogP contribution is -2.27. The molecule has 0 spiro atoms.